The normalized spacial score (nSPS) is 20.1. The zero-order valence-corrected chi connectivity index (χ0v) is 23.6. The Bertz CT molecular complexity index is 1350. The number of rotatable bonds is 7. The molecule has 2 amide bonds. The van der Waals surface area contributed by atoms with Gasteiger partial charge < -0.3 is 20.9 Å². The molecule has 0 radical (unpaired) electrons. The minimum Gasteiger partial charge on any atom is -0.363 e. The topological polar surface area (TPSA) is 88.7 Å². The van der Waals surface area contributed by atoms with Crippen LogP contribution in [0.5, 0.6) is 0 Å². The molecule has 1 unspecified atom stereocenters. The number of nitrogens with zero attached hydrogens (tertiary/aromatic N) is 5. The molecule has 3 aliphatic heterocycles. The lowest BCUT2D eigenvalue weighted by Gasteiger charge is -2.37. The summed E-state index contributed by atoms with van der Waals surface area (Å²) in [6.07, 6.45) is 5.84. The summed E-state index contributed by atoms with van der Waals surface area (Å²) in [4.78, 5) is 28.7. The van der Waals surface area contributed by atoms with E-state index in [1.165, 1.54) is 15.8 Å². The molecule has 0 spiro atoms. The molecule has 206 valence electrons. The standard InChI is InChI=1S/C29H38N8OS/c1-20(2)36-15-13-35(14-16-36)12-9-31-29(38)37-10-6-21(7-11-37)26-18-23-24(5-8-30-28(23)34-26)33-22-3-4-25-27(17-22)39-19-32-25/h3-6,8,17,19-20,26H,7,9-16,18H2,1-2H3,(H,31,38)(H2,30,33,34). The van der Waals surface area contributed by atoms with Gasteiger partial charge >= 0.3 is 6.03 Å². The van der Waals surface area contributed by atoms with Crippen LogP contribution in [0.25, 0.3) is 10.2 Å². The van der Waals surface area contributed by atoms with Gasteiger partial charge in [0.1, 0.15) is 5.82 Å². The number of carbonyl (C=O) groups excluding carboxylic acids is 1. The van der Waals surface area contributed by atoms with Crippen LogP contribution in [0.1, 0.15) is 25.8 Å². The van der Waals surface area contributed by atoms with Crippen LogP contribution in [0.3, 0.4) is 0 Å². The van der Waals surface area contributed by atoms with Gasteiger partial charge in [0, 0.05) is 88.0 Å². The smallest absolute Gasteiger partial charge is 0.317 e. The highest BCUT2D eigenvalue weighted by Crippen LogP contribution is 2.36. The molecule has 3 N–H and O–H groups in total. The number of nitrogens with one attached hydrogen (secondary N) is 3. The van der Waals surface area contributed by atoms with Gasteiger partial charge in [0.15, 0.2) is 0 Å². The van der Waals surface area contributed by atoms with Gasteiger partial charge in [-0.05, 0) is 50.1 Å². The highest BCUT2D eigenvalue weighted by molar-refractivity contribution is 7.16. The van der Waals surface area contributed by atoms with Crippen molar-refractivity contribution in [2.45, 2.75) is 38.8 Å². The second-order valence-corrected chi connectivity index (χ2v) is 11.8. The zero-order valence-electron chi connectivity index (χ0n) is 22.8. The van der Waals surface area contributed by atoms with Crippen LogP contribution in [0, 0.1) is 0 Å². The number of benzene rings is 1. The quantitative estimate of drug-likeness (QED) is 0.384. The Morgan fingerprint density at radius 1 is 1.15 bits per heavy atom. The molecule has 0 bridgehead atoms. The Morgan fingerprint density at radius 3 is 2.82 bits per heavy atom. The summed E-state index contributed by atoms with van der Waals surface area (Å²) in [5.74, 6) is 0.944. The lowest BCUT2D eigenvalue weighted by molar-refractivity contribution is 0.109. The number of piperazine rings is 1. The monoisotopic (exact) mass is 546 g/mol. The number of aromatic nitrogens is 2. The maximum absolute atomic E-state index is 12.8. The van der Waals surface area contributed by atoms with Crippen molar-refractivity contribution in [2.24, 2.45) is 0 Å². The van der Waals surface area contributed by atoms with Crippen molar-refractivity contribution in [1.82, 2.24) is 30.0 Å². The average molecular weight is 547 g/mol. The fourth-order valence-corrected chi connectivity index (χ4v) is 6.51. The highest BCUT2D eigenvalue weighted by atomic mass is 32.1. The van der Waals surface area contributed by atoms with Gasteiger partial charge in [0.05, 0.1) is 21.8 Å². The molecule has 3 aliphatic rings. The van der Waals surface area contributed by atoms with Gasteiger partial charge in [-0.25, -0.2) is 14.8 Å². The second kappa shape index (κ2) is 11.5. The molecule has 1 atom stereocenters. The second-order valence-electron chi connectivity index (χ2n) is 10.9. The van der Waals surface area contributed by atoms with Crippen molar-refractivity contribution in [3.63, 3.8) is 0 Å². The Kier molecular flexibility index (Phi) is 7.67. The minimum absolute atomic E-state index is 0.0415. The van der Waals surface area contributed by atoms with Gasteiger partial charge in [0.25, 0.3) is 0 Å². The molecule has 0 saturated carbocycles. The third-order valence-electron chi connectivity index (χ3n) is 8.21. The molecular weight excluding hydrogens is 508 g/mol. The van der Waals surface area contributed by atoms with Crippen LogP contribution in [0.4, 0.5) is 22.0 Å². The lowest BCUT2D eigenvalue weighted by Crippen LogP contribution is -2.51. The first-order valence-electron chi connectivity index (χ1n) is 14.1. The van der Waals surface area contributed by atoms with Crippen molar-refractivity contribution in [2.75, 3.05) is 63.0 Å². The van der Waals surface area contributed by atoms with Crippen LogP contribution in [-0.2, 0) is 6.42 Å². The summed E-state index contributed by atoms with van der Waals surface area (Å²) in [6.45, 7) is 11.9. The maximum atomic E-state index is 12.8. The number of pyridine rings is 1. The van der Waals surface area contributed by atoms with Crippen molar-refractivity contribution in [1.29, 1.82) is 0 Å². The zero-order chi connectivity index (χ0) is 26.8. The number of thiazole rings is 1. The molecule has 10 heteroatoms. The van der Waals surface area contributed by atoms with Crippen LogP contribution >= 0.6 is 11.3 Å². The molecule has 0 aliphatic carbocycles. The van der Waals surface area contributed by atoms with E-state index in [4.69, 9.17) is 0 Å². The average Bonchev–Trinajstić information content (AvgIpc) is 3.61. The minimum atomic E-state index is 0.0415. The van der Waals surface area contributed by atoms with Gasteiger partial charge in [-0.3, -0.25) is 9.80 Å². The van der Waals surface area contributed by atoms with Crippen molar-refractivity contribution in [3.8, 4) is 0 Å². The van der Waals surface area contributed by atoms with E-state index >= 15 is 0 Å². The molecule has 2 aromatic heterocycles. The third kappa shape index (κ3) is 5.88. The molecule has 39 heavy (non-hydrogen) atoms. The lowest BCUT2D eigenvalue weighted by atomic mass is 9.97. The molecule has 1 aromatic carbocycles. The molecule has 5 heterocycles. The maximum Gasteiger partial charge on any atom is 0.317 e. The summed E-state index contributed by atoms with van der Waals surface area (Å²) in [7, 11) is 0. The van der Waals surface area contributed by atoms with Crippen LogP contribution in [-0.4, -0.2) is 95.1 Å². The van der Waals surface area contributed by atoms with Crippen molar-refractivity contribution < 1.29 is 4.79 Å². The van der Waals surface area contributed by atoms with E-state index in [1.807, 2.05) is 22.7 Å². The predicted octanol–water partition coefficient (Wildman–Crippen LogP) is 4.14. The molecule has 6 rings (SSSR count). The van der Waals surface area contributed by atoms with E-state index in [0.717, 1.165) is 74.8 Å². The summed E-state index contributed by atoms with van der Waals surface area (Å²) in [6, 6.07) is 9.19. The predicted molar refractivity (Wildman–Crippen MR) is 159 cm³/mol. The highest BCUT2D eigenvalue weighted by Gasteiger charge is 2.29. The van der Waals surface area contributed by atoms with Crippen molar-refractivity contribution >= 4 is 44.8 Å². The largest absolute Gasteiger partial charge is 0.363 e. The Labute approximate surface area is 234 Å². The van der Waals surface area contributed by atoms with E-state index in [1.54, 1.807) is 11.3 Å². The number of urea groups is 1. The summed E-state index contributed by atoms with van der Waals surface area (Å²) in [5, 5.41) is 10.4. The fraction of sp³-hybridized carbons (Fsp3) is 0.483. The first-order valence-corrected chi connectivity index (χ1v) is 14.9. The van der Waals surface area contributed by atoms with E-state index in [-0.39, 0.29) is 12.1 Å². The van der Waals surface area contributed by atoms with Gasteiger partial charge in [0.2, 0.25) is 0 Å². The first-order chi connectivity index (χ1) is 19.0. The molecular formula is C29H38N8OS. The van der Waals surface area contributed by atoms with Crippen molar-refractivity contribution in [3.05, 3.63) is 53.2 Å². The Balaban J connectivity index is 0.993. The number of fused-ring (bicyclic) bond motifs is 2. The summed E-state index contributed by atoms with van der Waals surface area (Å²) >= 11 is 1.65. The molecule has 1 saturated heterocycles. The van der Waals surface area contributed by atoms with E-state index in [9.17, 15) is 4.79 Å². The summed E-state index contributed by atoms with van der Waals surface area (Å²) < 4.78 is 1.17. The van der Waals surface area contributed by atoms with E-state index < -0.39 is 0 Å². The van der Waals surface area contributed by atoms with Crippen LogP contribution in [0.2, 0.25) is 0 Å². The molecule has 1 fully saturated rings. The number of hydrogen-bond donors (Lipinski definition) is 3. The number of amides is 2. The van der Waals surface area contributed by atoms with Gasteiger partial charge in [-0.15, -0.1) is 11.3 Å². The van der Waals surface area contributed by atoms with Gasteiger partial charge in [-0.1, -0.05) is 6.08 Å². The van der Waals surface area contributed by atoms with E-state index in [0.29, 0.717) is 19.1 Å². The molecule has 9 nitrogen and oxygen atoms in total. The Hall–Kier alpha value is -3.21. The molecule has 3 aromatic rings. The number of carbonyl (C=O) groups is 1. The third-order valence-corrected chi connectivity index (χ3v) is 9.00. The number of anilines is 3. The fourth-order valence-electron chi connectivity index (χ4n) is 5.79. The van der Waals surface area contributed by atoms with E-state index in [2.05, 4.69) is 73.8 Å². The van der Waals surface area contributed by atoms with Crippen LogP contribution in [0.15, 0.2) is 47.6 Å². The Morgan fingerprint density at radius 2 is 2.03 bits per heavy atom. The number of hydrogen-bond acceptors (Lipinski definition) is 8. The van der Waals surface area contributed by atoms with Crippen LogP contribution < -0.4 is 16.0 Å². The first kappa shape index (κ1) is 26.0. The summed E-state index contributed by atoms with van der Waals surface area (Å²) in [5.41, 5.74) is 7.62. The van der Waals surface area contributed by atoms with Gasteiger partial charge in [-0.2, -0.15) is 0 Å². The SMILES string of the molecule is CC(C)N1CCN(CCNC(=O)N2CC=C(C3Cc4c(Nc5ccc6ncsc6c5)ccnc4N3)CC2)CC1.